The van der Waals surface area contributed by atoms with E-state index in [0.717, 1.165) is 22.3 Å². The minimum absolute atomic E-state index is 0.0954. The maximum absolute atomic E-state index is 12.5. The van der Waals surface area contributed by atoms with Crippen LogP contribution in [-0.2, 0) is 4.79 Å². The molecule has 1 aliphatic heterocycles. The van der Waals surface area contributed by atoms with Crippen LogP contribution in [0.3, 0.4) is 0 Å². The minimum Gasteiger partial charge on any atom is -0.497 e. The lowest BCUT2D eigenvalue weighted by atomic mass is 10.2. The monoisotopic (exact) mass is 382 g/mol. The summed E-state index contributed by atoms with van der Waals surface area (Å²) in [5.41, 5.74) is 1.57. The standard InChI is InChI=1S/C18H14N4O2S2/c1-22-16(23)15(26-18(22)21-17-19-7-8-25-17)10-12-4-3-11-9-13(24-2)5-6-14(11)20-12/h3-10H,1-2H3/b15-10+,21-18?. The Morgan fingerprint density at radius 2 is 2.15 bits per heavy atom. The topological polar surface area (TPSA) is 67.7 Å². The largest absolute Gasteiger partial charge is 0.497 e. The molecule has 0 aliphatic carbocycles. The van der Waals surface area contributed by atoms with E-state index in [-0.39, 0.29) is 5.91 Å². The van der Waals surface area contributed by atoms with Crippen molar-refractivity contribution < 1.29 is 9.53 Å². The molecule has 4 rings (SSSR count). The van der Waals surface area contributed by atoms with E-state index < -0.39 is 0 Å². The Labute approximate surface area is 158 Å². The number of hydrogen-bond acceptors (Lipinski definition) is 7. The fraction of sp³-hybridized carbons (Fsp3) is 0.111. The molecule has 0 bridgehead atoms. The third kappa shape index (κ3) is 3.21. The molecule has 130 valence electrons. The van der Waals surface area contributed by atoms with Crippen LogP contribution >= 0.6 is 23.1 Å². The normalized spacial score (nSPS) is 17.6. The number of likely N-dealkylation sites (N-methyl/N-ethyl adjacent to an activating group) is 1. The van der Waals surface area contributed by atoms with Gasteiger partial charge in [-0.2, -0.15) is 4.99 Å². The molecule has 0 unspecified atom stereocenters. The summed E-state index contributed by atoms with van der Waals surface area (Å²) in [5, 5.41) is 4.08. The molecule has 1 aromatic carbocycles. The number of amides is 1. The molecule has 1 saturated heterocycles. The Morgan fingerprint density at radius 3 is 2.92 bits per heavy atom. The number of rotatable bonds is 3. The van der Waals surface area contributed by atoms with Crippen LogP contribution in [0.15, 0.2) is 51.8 Å². The smallest absolute Gasteiger partial charge is 0.266 e. The van der Waals surface area contributed by atoms with E-state index >= 15 is 0 Å². The Bertz CT molecular complexity index is 1040. The van der Waals surface area contributed by atoms with E-state index in [1.54, 1.807) is 26.4 Å². The lowest BCUT2D eigenvalue weighted by molar-refractivity contribution is -0.121. The van der Waals surface area contributed by atoms with Crippen molar-refractivity contribution in [2.45, 2.75) is 0 Å². The summed E-state index contributed by atoms with van der Waals surface area (Å²) in [4.78, 5) is 27.8. The molecule has 3 heterocycles. The van der Waals surface area contributed by atoms with Gasteiger partial charge in [0.1, 0.15) is 5.75 Å². The van der Waals surface area contributed by atoms with Crippen LogP contribution in [0, 0.1) is 0 Å². The summed E-state index contributed by atoms with van der Waals surface area (Å²) in [5.74, 6) is 0.693. The second-order valence-corrected chi connectivity index (χ2v) is 7.36. The van der Waals surface area contributed by atoms with Crippen LogP contribution in [0.5, 0.6) is 5.75 Å². The Kier molecular flexibility index (Phi) is 4.44. The number of benzene rings is 1. The van der Waals surface area contributed by atoms with Crippen molar-refractivity contribution in [3.8, 4) is 5.75 Å². The van der Waals surface area contributed by atoms with Crippen molar-refractivity contribution in [1.29, 1.82) is 0 Å². The molecule has 1 amide bonds. The number of carbonyl (C=O) groups is 1. The summed E-state index contributed by atoms with van der Waals surface area (Å²) >= 11 is 2.76. The third-order valence-electron chi connectivity index (χ3n) is 3.81. The quantitative estimate of drug-likeness (QED) is 0.642. The van der Waals surface area contributed by atoms with E-state index in [2.05, 4.69) is 15.0 Å². The zero-order valence-electron chi connectivity index (χ0n) is 14.0. The van der Waals surface area contributed by atoms with Gasteiger partial charge in [0.25, 0.3) is 5.91 Å². The summed E-state index contributed by atoms with van der Waals surface area (Å²) in [6.07, 6.45) is 3.48. The van der Waals surface area contributed by atoms with Crippen molar-refractivity contribution in [3.63, 3.8) is 0 Å². The van der Waals surface area contributed by atoms with Gasteiger partial charge in [-0.05, 0) is 42.1 Å². The number of hydrogen-bond donors (Lipinski definition) is 0. The maximum Gasteiger partial charge on any atom is 0.266 e. The van der Waals surface area contributed by atoms with Gasteiger partial charge in [-0.25, -0.2) is 9.97 Å². The van der Waals surface area contributed by atoms with Gasteiger partial charge in [-0.15, -0.1) is 11.3 Å². The number of pyridine rings is 1. The van der Waals surface area contributed by atoms with Gasteiger partial charge >= 0.3 is 0 Å². The average Bonchev–Trinajstić information content (AvgIpc) is 3.26. The average molecular weight is 382 g/mol. The molecule has 1 aliphatic rings. The molecular weight excluding hydrogens is 368 g/mol. The first-order chi connectivity index (χ1) is 12.6. The van der Waals surface area contributed by atoms with Crippen molar-refractivity contribution in [1.82, 2.24) is 14.9 Å². The van der Waals surface area contributed by atoms with Crippen LogP contribution in [0.2, 0.25) is 0 Å². The van der Waals surface area contributed by atoms with E-state index in [9.17, 15) is 4.79 Å². The number of thioether (sulfide) groups is 1. The fourth-order valence-electron chi connectivity index (χ4n) is 2.47. The SMILES string of the molecule is COc1ccc2nc(/C=C3/SC(=Nc4nccs4)N(C)C3=O)ccc2c1. The second-order valence-electron chi connectivity index (χ2n) is 5.48. The van der Waals surface area contributed by atoms with Gasteiger partial charge in [0.05, 0.1) is 23.2 Å². The van der Waals surface area contributed by atoms with Gasteiger partial charge in [0, 0.05) is 24.0 Å². The van der Waals surface area contributed by atoms with E-state index in [1.807, 2.05) is 35.7 Å². The van der Waals surface area contributed by atoms with Crippen LogP contribution in [-0.4, -0.2) is 40.1 Å². The number of aromatic nitrogens is 2. The number of thiazole rings is 1. The number of fused-ring (bicyclic) bond motifs is 1. The van der Waals surface area contributed by atoms with E-state index in [1.165, 1.54) is 28.0 Å². The molecular formula is C18H14N4O2S2. The van der Waals surface area contributed by atoms with Crippen molar-refractivity contribution in [2.24, 2.45) is 4.99 Å². The molecule has 1 fully saturated rings. The van der Waals surface area contributed by atoms with Gasteiger partial charge in [-0.1, -0.05) is 6.07 Å². The summed E-state index contributed by atoms with van der Waals surface area (Å²) in [7, 11) is 3.35. The zero-order valence-corrected chi connectivity index (χ0v) is 15.7. The number of aliphatic imine (C=N–C) groups is 1. The Balaban J connectivity index is 1.65. The van der Waals surface area contributed by atoms with Gasteiger partial charge in [0.15, 0.2) is 5.17 Å². The van der Waals surface area contributed by atoms with Gasteiger partial charge in [-0.3, -0.25) is 9.69 Å². The molecule has 0 saturated carbocycles. The first kappa shape index (κ1) is 16.7. The van der Waals surface area contributed by atoms with E-state index in [0.29, 0.717) is 15.2 Å². The number of amidine groups is 1. The highest BCUT2D eigenvalue weighted by atomic mass is 32.2. The number of methoxy groups -OCH3 is 1. The predicted molar refractivity (Wildman–Crippen MR) is 106 cm³/mol. The van der Waals surface area contributed by atoms with Gasteiger partial charge < -0.3 is 4.74 Å². The molecule has 0 N–H and O–H groups in total. The van der Waals surface area contributed by atoms with Crippen molar-refractivity contribution in [2.75, 3.05) is 14.2 Å². The zero-order chi connectivity index (χ0) is 18.1. The van der Waals surface area contributed by atoms with Crippen molar-refractivity contribution >= 4 is 56.3 Å². The highest BCUT2D eigenvalue weighted by molar-refractivity contribution is 8.18. The highest BCUT2D eigenvalue weighted by Gasteiger charge is 2.30. The molecule has 26 heavy (non-hydrogen) atoms. The molecule has 6 nitrogen and oxygen atoms in total. The Hall–Kier alpha value is -2.71. The molecule has 2 aromatic heterocycles. The summed E-state index contributed by atoms with van der Waals surface area (Å²) in [6.45, 7) is 0. The van der Waals surface area contributed by atoms with Crippen molar-refractivity contribution in [3.05, 3.63) is 52.5 Å². The van der Waals surface area contributed by atoms with Crippen LogP contribution in [0.4, 0.5) is 5.13 Å². The second kappa shape index (κ2) is 6.89. The Morgan fingerprint density at radius 1 is 1.27 bits per heavy atom. The summed E-state index contributed by atoms with van der Waals surface area (Å²) in [6, 6.07) is 9.56. The van der Waals surface area contributed by atoms with E-state index in [4.69, 9.17) is 4.74 Å². The number of carbonyl (C=O) groups excluding carboxylic acids is 1. The number of nitrogens with zero attached hydrogens (tertiary/aromatic N) is 4. The third-order valence-corrected chi connectivity index (χ3v) is 5.54. The minimum atomic E-state index is -0.0954. The fourth-order valence-corrected chi connectivity index (χ4v) is 3.98. The maximum atomic E-state index is 12.5. The first-order valence-electron chi connectivity index (χ1n) is 7.74. The van der Waals surface area contributed by atoms with Crippen LogP contribution < -0.4 is 4.74 Å². The van der Waals surface area contributed by atoms with Gasteiger partial charge in [0.2, 0.25) is 5.13 Å². The number of ether oxygens (including phenoxy) is 1. The van der Waals surface area contributed by atoms with Crippen LogP contribution in [0.1, 0.15) is 5.69 Å². The predicted octanol–water partition coefficient (Wildman–Crippen LogP) is 3.93. The molecule has 8 heteroatoms. The molecule has 0 radical (unpaired) electrons. The molecule has 0 spiro atoms. The highest BCUT2D eigenvalue weighted by Crippen LogP contribution is 2.33. The lowest BCUT2D eigenvalue weighted by Gasteiger charge is -2.05. The lowest BCUT2D eigenvalue weighted by Crippen LogP contribution is -2.23. The summed E-state index contributed by atoms with van der Waals surface area (Å²) < 4.78 is 5.23. The first-order valence-corrected chi connectivity index (χ1v) is 9.44. The molecule has 3 aromatic rings. The molecule has 0 atom stereocenters. The van der Waals surface area contributed by atoms with Crippen LogP contribution in [0.25, 0.3) is 17.0 Å².